The Hall–Kier alpha value is -1.27. The van der Waals surface area contributed by atoms with Crippen molar-refractivity contribution in [2.75, 3.05) is 5.75 Å². The molecule has 4 nitrogen and oxygen atoms in total. The van der Waals surface area contributed by atoms with Crippen LogP contribution in [0, 0.1) is 6.92 Å². The highest BCUT2D eigenvalue weighted by atomic mass is 32.2. The molecule has 0 unspecified atom stereocenters. The molecule has 0 fully saturated rings. The average Bonchev–Trinajstić information content (AvgIpc) is 2.95. The fourth-order valence-electron chi connectivity index (χ4n) is 1.18. The highest BCUT2D eigenvalue weighted by Crippen LogP contribution is 2.21. The van der Waals surface area contributed by atoms with Gasteiger partial charge in [-0.1, -0.05) is 11.8 Å². The molecule has 0 atom stereocenters. The third-order valence-corrected chi connectivity index (χ3v) is 4.10. The second kappa shape index (κ2) is 5.88. The van der Waals surface area contributed by atoms with Crippen LogP contribution in [0.4, 0.5) is 0 Å². The molecule has 0 saturated heterocycles. The molecule has 0 saturated carbocycles. The first-order valence-corrected chi connectivity index (χ1v) is 6.94. The van der Waals surface area contributed by atoms with Crippen molar-refractivity contribution in [1.82, 2.24) is 10.3 Å². The minimum absolute atomic E-state index is 0.0146. The van der Waals surface area contributed by atoms with Crippen molar-refractivity contribution in [3.05, 3.63) is 35.2 Å². The van der Waals surface area contributed by atoms with E-state index in [0.29, 0.717) is 12.3 Å². The van der Waals surface area contributed by atoms with Gasteiger partial charge in [0.25, 0.3) is 0 Å². The Bertz CT molecular complexity index is 479. The van der Waals surface area contributed by atoms with Crippen molar-refractivity contribution in [3.63, 3.8) is 0 Å². The number of hydrogen-bond acceptors (Lipinski definition) is 5. The fraction of sp³-hybridized carbons (Fsp3) is 0.273. The molecule has 0 spiro atoms. The predicted molar refractivity (Wildman–Crippen MR) is 68.1 cm³/mol. The molecule has 6 heteroatoms. The largest absolute Gasteiger partial charge is 0.467 e. The van der Waals surface area contributed by atoms with Crippen LogP contribution < -0.4 is 5.32 Å². The molecular weight excluding hydrogens is 256 g/mol. The Morgan fingerprint density at radius 1 is 1.65 bits per heavy atom. The minimum atomic E-state index is -0.0146. The first kappa shape index (κ1) is 12.2. The minimum Gasteiger partial charge on any atom is -0.467 e. The summed E-state index contributed by atoms with van der Waals surface area (Å²) in [6.45, 7) is 2.38. The lowest BCUT2D eigenvalue weighted by Gasteiger charge is -2.01. The third-order valence-electron chi connectivity index (χ3n) is 1.96. The van der Waals surface area contributed by atoms with E-state index in [1.807, 2.05) is 18.4 Å². The van der Waals surface area contributed by atoms with E-state index >= 15 is 0 Å². The highest BCUT2D eigenvalue weighted by molar-refractivity contribution is 8.01. The van der Waals surface area contributed by atoms with Crippen LogP contribution in [0.3, 0.4) is 0 Å². The quantitative estimate of drug-likeness (QED) is 0.846. The van der Waals surface area contributed by atoms with E-state index in [0.717, 1.165) is 15.8 Å². The normalized spacial score (nSPS) is 10.4. The number of amides is 1. The van der Waals surface area contributed by atoms with Gasteiger partial charge >= 0.3 is 0 Å². The summed E-state index contributed by atoms with van der Waals surface area (Å²) < 4.78 is 6.04. The zero-order valence-corrected chi connectivity index (χ0v) is 10.9. The van der Waals surface area contributed by atoms with E-state index in [1.165, 1.54) is 11.8 Å². The summed E-state index contributed by atoms with van der Waals surface area (Å²) in [5, 5.41) is 4.76. The number of carbonyl (C=O) groups excluding carboxylic acids is 1. The van der Waals surface area contributed by atoms with E-state index in [2.05, 4.69) is 10.3 Å². The van der Waals surface area contributed by atoms with Crippen LogP contribution in [-0.2, 0) is 11.3 Å². The molecule has 90 valence electrons. The van der Waals surface area contributed by atoms with E-state index in [4.69, 9.17) is 4.42 Å². The number of thiazole rings is 1. The summed E-state index contributed by atoms with van der Waals surface area (Å²) in [6, 6.07) is 3.63. The Labute approximate surface area is 107 Å². The van der Waals surface area contributed by atoms with E-state index in [9.17, 15) is 4.79 Å². The molecule has 0 aliphatic carbocycles. The van der Waals surface area contributed by atoms with Crippen LogP contribution in [-0.4, -0.2) is 16.6 Å². The average molecular weight is 268 g/mol. The van der Waals surface area contributed by atoms with Gasteiger partial charge in [-0.2, -0.15) is 0 Å². The Morgan fingerprint density at radius 2 is 2.53 bits per heavy atom. The van der Waals surface area contributed by atoms with Crippen LogP contribution in [0.5, 0.6) is 0 Å². The number of furan rings is 1. The number of aromatic nitrogens is 1. The number of nitrogens with one attached hydrogen (secondary N) is 1. The second-order valence-electron chi connectivity index (χ2n) is 3.40. The van der Waals surface area contributed by atoms with Gasteiger partial charge in [0.05, 0.1) is 18.6 Å². The molecule has 0 aromatic carbocycles. The maximum absolute atomic E-state index is 11.5. The molecule has 0 radical (unpaired) electrons. The van der Waals surface area contributed by atoms with Gasteiger partial charge in [-0.3, -0.25) is 4.79 Å². The molecule has 1 amide bonds. The zero-order valence-electron chi connectivity index (χ0n) is 9.30. The Kier molecular flexibility index (Phi) is 4.22. The first-order valence-electron chi connectivity index (χ1n) is 5.08. The summed E-state index contributed by atoms with van der Waals surface area (Å²) in [6.07, 6.45) is 1.59. The van der Waals surface area contributed by atoms with Crippen LogP contribution in [0.15, 0.2) is 32.5 Å². The van der Waals surface area contributed by atoms with Crippen molar-refractivity contribution in [2.24, 2.45) is 0 Å². The van der Waals surface area contributed by atoms with Gasteiger partial charge in [0.15, 0.2) is 4.34 Å². The zero-order chi connectivity index (χ0) is 12.1. The van der Waals surface area contributed by atoms with Crippen LogP contribution in [0.25, 0.3) is 0 Å². The molecule has 0 bridgehead atoms. The van der Waals surface area contributed by atoms with Gasteiger partial charge in [0.2, 0.25) is 5.91 Å². The SMILES string of the molecule is Cc1csc(SCC(=O)NCc2ccco2)n1. The monoisotopic (exact) mass is 268 g/mol. The molecule has 17 heavy (non-hydrogen) atoms. The summed E-state index contributed by atoms with van der Waals surface area (Å²) in [4.78, 5) is 15.8. The molecular formula is C11H12N2O2S2. The van der Waals surface area contributed by atoms with Gasteiger partial charge in [-0.25, -0.2) is 4.98 Å². The number of hydrogen-bond donors (Lipinski definition) is 1. The van der Waals surface area contributed by atoms with E-state index in [-0.39, 0.29) is 5.91 Å². The lowest BCUT2D eigenvalue weighted by molar-refractivity contribution is -0.118. The van der Waals surface area contributed by atoms with Crippen LogP contribution in [0.1, 0.15) is 11.5 Å². The summed E-state index contributed by atoms with van der Waals surface area (Å²) >= 11 is 3.01. The van der Waals surface area contributed by atoms with Crippen LogP contribution in [0.2, 0.25) is 0 Å². The van der Waals surface area contributed by atoms with Crippen molar-refractivity contribution in [2.45, 2.75) is 17.8 Å². The van der Waals surface area contributed by atoms with Crippen molar-refractivity contribution in [1.29, 1.82) is 0 Å². The second-order valence-corrected chi connectivity index (χ2v) is 5.48. The topological polar surface area (TPSA) is 55.1 Å². The summed E-state index contributed by atoms with van der Waals surface area (Å²) in [5.74, 6) is 1.13. The van der Waals surface area contributed by atoms with Gasteiger partial charge in [-0.05, 0) is 19.1 Å². The van der Waals surface area contributed by atoms with Gasteiger partial charge in [0, 0.05) is 11.1 Å². The maximum atomic E-state index is 11.5. The van der Waals surface area contributed by atoms with Crippen molar-refractivity contribution < 1.29 is 9.21 Å². The van der Waals surface area contributed by atoms with E-state index in [1.54, 1.807) is 23.7 Å². The molecule has 2 rings (SSSR count). The highest BCUT2D eigenvalue weighted by Gasteiger charge is 2.05. The molecule has 0 aliphatic heterocycles. The van der Waals surface area contributed by atoms with Crippen LogP contribution >= 0.6 is 23.1 Å². The van der Waals surface area contributed by atoms with Gasteiger partial charge < -0.3 is 9.73 Å². The molecule has 1 N–H and O–H groups in total. The first-order chi connectivity index (χ1) is 8.24. The lowest BCUT2D eigenvalue weighted by Crippen LogP contribution is -2.24. The third kappa shape index (κ3) is 3.90. The van der Waals surface area contributed by atoms with Gasteiger partial charge in [0.1, 0.15) is 5.76 Å². The lowest BCUT2D eigenvalue weighted by atomic mass is 10.4. The fourth-order valence-corrected chi connectivity index (χ4v) is 2.86. The Morgan fingerprint density at radius 3 is 3.18 bits per heavy atom. The number of carbonyl (C=O) groups is 1. The number of aryl methyl sites for hydroxylation is 1. The number of rotatable bonds is 5. The van der Waals surface area contributed by atoms with E-state index < -0.39 is 0 Å². The Balaban J connectivity index is 1.71. The van der Waals surface area contributed by atoms with Crippen molar-refractivity contribution in [3.8, 4) is 0 Å². The molecule has 2 aromatic rings. The standard InChI is InChI=1S/C11H12N2O2S2/c1-8-6-16-11(13-8)17-7-10(14)12-5-9-3-2-4-15-9/h2-4,6H,5,7H2,1H3,(H,12,14). The summed E-state index contributed by atoms with van der Waals surface area (Å²) in [7, 11) is 0. The summed E-state index contributed by atoms with van der Waals surface area (Å²) in [5.41, 5.74) is 0.994. The predicted octanol–water partition coefficient (Wildman–Crippen LogP) is 2.45. The number of thioether (sulfide) groups is 1. The van der Waals surface area contributed by atoms with Gasteiger partial charge in [-0.15, -0.1) is 11.3 Å². The maximum Gasteiger partial charge on any atom is 0.230 e. The molecule has 2 aromatic heterocycles. The smallest absolute Gasteiger partial charge is 0.230 e. The molecule has 0 aliphatic rings. The number of nitrogens with zero attached hydrogens (tertiary/aromatic N) is 1. The van der Waals surface area contributed by atoms with Crippen molar-refractivity contribution >= 4 is 29.0 Å². The molecule has 2 heterocycles.